The number of benzene rings is 1. The molecule has 2 aromatic rings. The second-order valence-corrected chi connectivity index (χ2v) is 8.88. The molecule has 28 heavy (non-hydrogen) atoms. The molecule has 4 rings (SSSR count). The molecular formula is C18H17BrClN3O4S. The summed E-state index contributed by atoms with van der Waals surface area (Å²) in [4.78, 5) is 27.5. The molecule has 0 spiro atoms. The van der Waals surface area contributed by atoms with Crippen molar-refractivity contribution in [3.63, 3.8) is 0 Å². The Balaban J connectivity index is 1.64. The average Bonchev–Trinajstić information content (AvgIpc) is 3.02. The highest BCUT2D eigenvalue weighted by atomic mass is 79.9. The number of nitrogens with zero attached hydrogens (tertiary/aromatic N) is 1. The first-order valence-electron chi connectivity index (χ1n) is 8.70. The lowest BCUT2D eigenvalue weighted by atomic mass is 10.0. The van der Waals surface area contributed by atoms with Gasteiger partial charge in [-0.1, -0.05) is 27.5 Å². The number of carbonyl (C=O) groups excluding carboxylic acids is 2. The number of phenolic OH excluding ortho intramolecular Hbond substituents is 1. The number of rotatable bonds is 2. The summed E-state index contributed by atoms with van der Waals surface area (Å²) in [6.45, 7) is 3.02. The number of carbonyl (C=O) groups is 2. The summed E-state index contributed by atoms with van der Waals surface area (Å²) in [5.74, 6) is -0.294. The van der Waals surface area contributed by atoms with Crippen LogP contribution in [-0.2, 0) is 17.7 Å². The Morgan fingerprint density at radius 1 is 1.46 bits per heavy atom. The van der Waals surface area contributed by atoms with Crippen LogP contribution in [0, 0.1) is 0 Å². The maximum Gasteiger partial charge on any atom is 0.410 e. The molecule has 10 heteroatoms. The second-order valence-electron chi connectivity index (χ2n) is 6.45. The molecule has 0 saturated heterocycles. The van der Waals surface area contributed by atoms with Crippen molar-refractivity contribution in [2.24, 2.45) is 0 Å². The Morgan fingerprint density at radius 2 is 2.25 bits per heavy atom. The molecule has 2 aliphatic rings. The summed E-state index contributed by atoms with van der Waals surface area (Å²) in [5, 5.41) is 17.4. The van der Waals surface area contributed by atoms with Crippen molar-refractivity contribution in [3.05, 3.63) is 43.2 Å². The molecule has 0 fully saturated rings. The number of fused-ring (bicyclic) bond motifs is 3. The highest BCUT2D eigenvalue weighted by Crippen LogP contribution is 2.43. The first kappa shape index (κ1) is 19.4. The van der Waals surface area contributed by atoms with Crippen LogP contribution in [0.1, 0.15) is 39.5 Å². The number of nitrogens with one attached hydrogen (secondary N) is 2. The van der Waals surface area contributed by atoms with Crippen LogP contribution in [-0.4, -0.2) is 35.2 Å². The molecule has 0 radical (unpaired) electrons. The van der Waals surface area contributed by atoms with Gasteiger partial charge in [-0.25, -0.2) is 4.79 Å². The fourth-order valence-corrected chi connectivity index (χ4v) is 5.57. The van der Waals surface area contributed by atoms with Gasteiger partial charge < -0.3 is 25.4 Å². The minimum atomic E-state index is -0.615. The van der Waals surface area contributed by atoms with Gasteiger partial charge in [-0.3, -0.25) is 4.79 Å². The lowest BCUT2D eigenvalue weighted by Crippen LogP contribution is -2.39. The zero-order valence-electron chi connectivity index (χ0n) is 14.8. The summed E-state index contributed by atoms with van der Waals surface area (Å²) >= 11 is 10.9. The van der Waals surface area contributed by atoms with Gasteiger partial charge in [-0.2, -0.15) is 0 Å². The molecule has 1 unspecified atom stereocenters. The van der Waals surface area contributed by atoms with Gasteiger partial charge in [0.15, 0.2) is 0 Å². The van der Waals surface area contributed by atoms with Crippen molar-refractivity contribution < 1.29 is 19.4 Å². The van der Waals surface area contributed by atoms with Crippen molar-refractivity contribution in [1.82, 2.24) is 10.2 Å². The van der Waals surface area contributed by atoms with E-state index >= 15 is 0 Å². The highest BCUT2D eigenvalue weighted by Gasteiger charge is 2.35. The molecule has 7 nitrogen and oxygen atoms in total. The van der Waals surface area contributed by atoms with Crippen LogP contribution in [0.25, 0.3) is 0 Å². The van der Waals surface area contributed by atoms with Crippen molar-refractivity contribution >= 4 is 55.9 Å². The molecule has 1 atom stereocenters. The number of ether oxygens (including phenoxy) is 1. The third-order valence-corrected chi connectivity index (χ3v) is 6.62. The Labute approximate surface area is 178 Å². The number of aromatic hydroxyl groups is 1. The third-order valence-electron chi connectivity index (χ3n) is 4.73. The van der Waals surface area contributed by atoms with E-state index in [1.165, 1.54) is 11.3 Å². The summed E-state index contributed by atoms with van der Waals surface area (Å²) in [7, 11) is 0. The molecule has 0 aliphatic carbocycles. The number of hydrogen-bond donors (Lipinski definition) is 3. The van der Waals surface area contributed by atoms with Gasteiger partial charge in [0.1, 0.15) is 16.9 Å². The van der Waals surface area contributed by atoms with E-state index in [-0.39, 0.29) is 22.8 Å². The smallest absolute Gasteiger partial charge is 0.410 e. The number of thiophene rings is 1. The Kier molecular flexibility index (Phi) is 5.15. The summed E-state index contributed by atoms with van der Waals surface area (Å²) < 4.78 is 5.78. The van der Waals surface area contributed by atoms with Crippen LogP contribution in [0.2, 0.25) is 5.02 Å². The fraction of sp³-hybridized carbons (Fsp3) is 0.333. The maximum absolute atomic E-state index is 12.8. The zero-order chi connectivity index (χ0) is 20.0. The minimum absolute atomic E-state index is 0.0825. The molecule has 148 valence electrons. The van der Waals surface area contributed by atoms with E-state index in [0.29, 0.717) is 41.7 Å². The van der Waals surface area contributed by atoms with Crippen LogP contribution in [0.5, 0.6) is 5.75 Å². The quantitative estimate of drug-likeness (QED) is 0.591. The molecule has 1 aromatic heterocycles. The Morgan fingerprint density at radius 3 is 3.00 bits per heavy atom. The lowest BCUT2D eigenvalue weighted by Gasteiger charge is -2.28. The third kappa shape index (κ3) is 3.31. The predicted molar refractivity (Wildman–Crippen MR) is 110 cm³/mol. The first-order chi connectivity index (χ1) is 13.4. The van der Waals surface area contributed by atoms with E-state index in [0.717, 1.165) is 15.4 Å². The van der Waals surface area contributed by atoms with Gasteiger partial charge in [0, 0.05) is 21.5 Å². The molecular weight excluding hydrogens is 470 g/mol. The molecule has 2 aliphatic heterocycles. The van der Waals surface area contributed by atoms with E-state index in [1.54, 1.807) is 24.0 Å². The van der Waals surface area contributed by atoms with E-state index < -0.39 is 6.17 Å². The summed E-state index contributed by atoms with van der Waals surface area (Å²) in [5.41, 5.74) is 2.04. The van der Waals surface area contributed by atoms with Gasteiger partial charge in [0.2, 0.25) is 0 Å². The maximum atomic E-state index is 12.8. The molecule has 3 N–H and O–H groups in total. The van der Waals surface area contributed by atoms with Crippen LogP contribution >= 0.6 is 38.9 Å². The number of phenols is 1. The molecule has 3 heterocycles. The SMILES string of the molecule is CCOC(=O)N1CCc2c(sc3c2C(=O)NC(c2cc(Br)cc(Cl)c2O)N3)C1. The summed E-state index contributed by atoms with van der Waals surface area (Å²) in [6.07, 6.45) is -0.368. The number of anilines is 1. The van der Waals surface area contributed by atoms with Gasteiger partial charge >= 0.3 is 6.09 Å². The van der Waals surface area contributed by atoms with E-state index in [9.17, 15) is 14.7 Å². The Hall–Kier alpha value is -1.97. The second kappa shape index (κ2) is 7.46. The number of amides is 2. The van der Waals surface area contributed by atoms with E-state index in [2.05, 4.69) is 26.6 Å². The van der Waals surface area contributed by atoms with Crippen molar-refractivity contribution in [3.8, 4) is 5.75 Å². The molecule has 0 bridgehead atoms. The predicted octanol–water partition coefficient (Wildman–Crippen LogP) is 4.24. The van der Waals surface area contributed by atoms with Gasteiger partial charge in [-0.05, 0) is 31.0 Å². The Bertz CT molecular complexity index is 980. The lowest BCUT2D eigenvalue weighted by molar-refractivity contribution is 0.0934. The van der Waals surface area contributed by atoms with Crippen LogP contribution in [0.15, 0.2) is 16.6 Å². The standard InChI is InChI=1S/C18H17BrClN3O4S/c1-2-27-18(26)23-4-3-9-12(7-23)28-17-13(9)16(25)21-15(22-17)10-5-8(19)6-11(20)14(10)24/h5-6,15,22,24H,2-4,7H2,1H3,(H,21,25). The average molecular weight is 487 g/mol. The van der Waals surface area contributed by atoms with Crippen LogP contribution in [0.3, 0.4) is 0 Å². The van der Waals surface area contributed by atoms with Gasteiger partial charge in [0.05, 0.1) is 23.7 Å². The summed E-state index contributed by atoms with van der Waals surface area (Å²) in [6, 6.07) is 3.30. The highest BCUT2D eigenvalue weighted by molar-refractivity contribution is 9.10. The van der Waals surface area contributed by atoms with Crippen LogP contribution < -0.4 is 10.6 Å². The molecule has 2 amide bonds. The molecule has 0 saturated carbocycles. The molecule has 1 aromatic carbocycles. The number of hydrogen-bond acceptors (Lipinski definition) is 6. The first-order valence-corrected chi connectivity index (χ1v) is 10.7. The monoisotopic (exact) mass is 485 g/mol. The minimum Gasteiger partial charge on any atom is -0.506 e. The largest absolute Gasteiger partial charge is 0.506 e. The zero-order valence-corrected chi connectivity index (χ0v) is 18.0. The van der Waals surface area contributed by atoms with Crippen molar-refractivity contribution in [1.29, 1.82) is 0 Å². The van der Waals surface area contributed by atoms with Crippen molar-refractivity contribution in [2.45, 2.75) is 26.1 Å². The topological polar surface area (TPSA) is 90.9 Å². The number of halogens is 2. The van der Waals surface area contributed by atoms with Gasteiger partial charge in [0.25, 0.3) is 5.91 Å². The van der Waals surface area contributed by atoms with E-state index in [1.807, 2.05) is 0 Å². The van der Waals surface area contributed by atoms with Crippen LogP contribution in [0.4, 0.5) is 9.80 Å². The fourth-order valence-electron chi connectivity index (χ4n) is 3.45. The van der Waals surface area contributed by atoms with Gasteiger partial charge in [-0.15, -0.1) is 11.3 Å². The van der Waals surface area contributed by atoms with Crippen molar-refractivity contribution in [2.75, 3.05) is 18.5 Å². The normalized spacial score (nSPS) is 18.0. The van der Waals surface area contributed by atoms with E-state index in [4.69, 9.17) is 16.3 Å².